The second-order valence-electron chi connectivity index (χ2n) is 8.91. The molecule has 0 bridgehead atoms. The molecule has 1 aliphatic heterocycles. The Morgan fingerprint density at radius 2 is 1.86 bits per heavy atom. The fraction of sp³-hybridized carbons (Fsp3) is 0.320. The van der Waals surface area contributed by atoms with Gasteiger partial charge in [0, 0.05) is 48.7 Å². The summed E-state index contributed by atoms with van der Waals surface area (Å²) in [6.45, 7) is 3.87. The van der Waals surface area contributed by atoms with E-state index in [2.05, 4.69) is 20.1 Å². The van der Waals surface area contributed by atoms with Crippen LogP contribution in [0.15, 0.2) is 43.1 Å². The van der Waals surface area contributed by atoms with Gasteiger partial charge >= 0.3 is 0 Å². The van der Waals surface area contributed by atoms with Crippen molar-refractivity contribution in [2.45, 2.75) is 38.7 Å². The Balaban J connectivity index is 1.52. The fourth-order valence-corrected chi connectivity index (χ4v) is 4.67. The molecule has 5 heterocycles. The average Bonchev–Trinajstić information content (AvgIpc) is 3.33. The molecule has 1 aliphatic rings. The van der Waals surface area contributed by atoms with Gasteiger partial charge in [0.1, 0.15) is 17.6 Å². The summed E-state index contributed by atoms with van der Waals surface area (Å²) in [6.07, 6.45) is 8.43. The van der Waals surface area contributed by atoms with Crippen molar-refractivity contribution < 1.29 is 14.7 Å². The summed E-state index contributed by atoms with van der Waals surface area (Å²) in [5.41, 5.74) is 10.8. The minimum atomic E-state index is -1.04. The Morgan fingerprint density at radius 3 is 2.47 bits per heavy atom. The van der Waals surface area contributed by atoms with Crippen LogP contribution in [0, 0.1) is 0 Å². The maximum absolute atomic E-state index is 12.6. The maximum Gasteiger partial charge on any atom is 0.251 e. The standard InChI is InChI=1S/C25H26N8O3/c1-14(34)21-22(16-5-9-32(10-6-16)25(36)15(2)35)31-24-18(12-30-33(24)23(21)26)17-3-4-19(29-11-17)20-13-27-7-8-28-20/h3-4,7-8,11-13,15-16,35H,5-6,9-10,26H2,1-2H3/t15-/m1/s1. The van der Waals surface area contributed by atoms with Crippen LogP contribution in [0.1, 0.15) is 48.7 Å². The molecule has 11 heteroatoms. The fourth-order valence-electron chi connectivity index (χ4n) is 4.67. The van der Waals surface area contributed by atoms with Crippen LogP contribution in [0.2, 0.25) is 0 Å². The monoisotopic (exact) mass is 486 g/mol. The number of likely N-dealkylation sites (tertiary alicyclic amines) is 1. The van der Waals surface area contributed by atoms with E-state index in [1.807, 2.05) is 12.1 Å². The van der Waals surface area contributed by atoms with Crippen molar-refractivity contribution in [3.05, 3.63) is 54.4 Å². The van der Waals surface area contributed by atoms with Crippen molar-refractivity contribution in [2.24, 2.45) is 0 Å². The highest BCUT2D eigenvalue weighted by molar-refractivity contribution is 6.00. The molecule has 0 saturated carbocycles. The number of aromatic nitrogens is 6. The van der Waals surface area contributed by atoms with Gasteiger partial charge in [-0.3, -0.25) is 24.5 Å². The van der Waals surface area contributed by atoms with E-state index in [-0.39, 0.29) is 23.4 Å². The lowest BCUT2D eigenvalue weighted by atomic mass is 9.89. The zero-order valence-electron chi connectivity index (χ0n) is 20.0. The average molecular weight is 487 g/mol. The second kappa shape index (κ2) is 9.42. The first kappa shape index (κ1) is 23.5. The first-order chi connectivity index (χ1) is 17.3. The number of aliphatic hydroxyl groups excluding tert-OH is 1. The predicted molar refractivity (Wildman–Crippen MR) is 132 cm³/mol. The summed E-state index contributed by atoms with van der Waals surface area (Å²) in [4.78, 5) is 44.2. The van der Waals surface area contributed by atoms with Gasteiger partial charge < -0.3 is 15.7 Å². The number of fused-ring (bicyclic) bond motifs is 1. The van der Waals surface area contributed by atoms with Gasteiger partial charge in [-0.1, -0.05) is 6.07 Å². The summed E-state index contributed by atoms with van der Waals surface area (Å²) >= 11 is 0. The van der Waals surface area contributed by atoms with Gasteiger partial charge in [-0.2, -0.15) is 9.61 Å². The van der Waals surface area contributed by atoms with E-state index in [4.69, 9.17) is 10.7 Å². The molecule has 184 valence electrons. The Labute approximate surface area is 207 Å². The second-order valence-corrected chi connectivity index (χ2v) is 8.91. The lowest BCUT2D eigenvalue weighted by molar-refractivity contribution is -0.140. The number of nitrogen functional groups attached to an aromatic ring is 1. The highest BCUT2D eigenvalue weighted by atomic mass is 16.3. The third-order valence-corrected chi connectivity index (χ3v) is 6.51. The summed E-state index contributed by atoms with van der Waals surface area (Å²) in [7, 11) is 0. The molecule has 0 aromatic carbocycles. The third-order valence-electron chi connectivity index (χ3n) is 6.51. The van der Waals surface area contributed by atoms with Gasteiger partial charge in [-0.05, 0) is 32.8 Å². The van der Waals surface area contributed by atoms with Crippen molar-refractivity contribution in [3.63, 3.8) is 0 Å². The first-order valence-electron chi connectivity index (χ1n) is 11.7. The number of ketones is 1. The van der Waals surface area contributed by atoms with Gasteiger partial charge in [0.2, 0.25) is 0 Å². The van der Waals surface area contributed by atoms with Crippen molar-refractivity contribution in [1.82, 2.24) is 34.4 Å². The Kier molecular flexibility index (Phi) is 6.15. The van der Waals surface area contributed by atoms with E-state index in [9.17, 15) is 14.7 Å². The van der Waals surface area contributed by atoms with Crippen LogP contribution >= 0.6 is 0 Å². The molecule has 4 aromatic heterocycles. The molecule has 3 N–H and O–H groups in total. The molecule has 36 heavy (non-hydrogen) atoms. The number of pyridine rings is 1. The number of nitrogens with two attached hydrogens (primary N) is 1. The molecule has 1 saturated heterocycles. The van der Waals surface area contributed by atoms with Gasteiger partial charge in [0.05, 0.1) is 29.3 Å². The molecule has 0 aliphatic carbocycles. The van der Waals surface area contributed by atoms with E-state index in [0.717, 1.165) is 11.1 Å². The maximum atomic E-state index is 12.6. The molecule has 11 nitrogen and oxygen atoms in total. The molecule has 5 rings (SSSR count). The first-order valence-corrected chi connectivity index (χ1v) is 11.7. The zero-order valence-corrected chi connectivity index (χ0v) is 20.0. The molecule has 0 radical (unpaired) electrons. The summed E-state index contributed by atoms with van der Waals surface area (Å²) in [5.74, 6) is -0.306. The molecular weight excluding hydrogens is 460 g/mol. The van der Waals surface area contributed by atoms with E-state index < -0.39 is 6.10 Å². The lowest BCUT2D eigenvalue weighted by Gasteiger charge is -2.33. The quantitative estimate of drug-likeness (QED) is 0.404. The zero-order chi connectivity index (χ0) is 25.4. The number of piperidine rings is 1. The van der Waals surface area contributed by atoms with Crippen LogP contribution in [0.4, 0.5) is 5.82 Å². The Bertz CT molecular complexity index is 1430. The molecule has 1 atom stereocenters. The van der Waals surface area contributed by atoms with Crippen LogP contribution in [-0.4, -0.2) is 70.4 Å². The van der Waals surface area contributed by atoms with Gasteiger partial charge in [0.25, 0.3) is 5.91 Å². The Hall–Kier alpha value is -4.25. The number of aliphatic hydroxyl groups is 1. The molecule has 4 aromatic rings. The van der Waals surface area contributed by atoms with Crippen molar-refractivity contribution >= 4 is 23.2 Å². The number of Topliss-reactive ketones (excluding diaryl/α,β-unsaturated/α-hetero) is 1. The SMILES string of the molecule is CC(=O)c1c(C2CCN(C(=O)[C@@H](C)O)CC2)nc2c(-c3ccc(-c4cnccn4)nc3)cnn2c1N. The molecular formula is C25H26N8O3. The lowest BCUT2D eigenvalue weighted by Crippen LogP contribution is -2.42. The van der Waals surface area contributed by atoms with Crippen LogP contribution in [0.25, 0.3) is 28.2 Å². The number of amides is 1. The number of nitrogens with zero attached hydrogens (tertiary/aromatic N) is 7. The van der Waals surface area contributed by atoms with Gasteiger partial charge in [0.15, 0.2) is 11.4 Å². The van der Waals surface area contributed by atoms with Crippen LogP contribution < -0.4 is 5.73 Å². The van der Waals surface area contributed by atoms with E-state index in [0.29, 0.717) is 54.2 Å². The van der Waals surface area contributed by atoms with Crippen LogP contribution in [0.3, 0.4) is 0 Å². The van der Waals surface area contributed by atoms with E-state index >= 15 is 0 Å². The van der Waals surface area contributed by atoms with E-state index in [1.165, 1.54) is 18.4 Å². The number of anilines is 1. The summed E-state index contributed by atoms with van der Waals surface area (Å²) < 4.78 is 1.48. The van der Waals surface area contributed by atoms with Crippen molar-refractivity contribution in [2.75, 3.05) is 18.8 Å². The molecule has 0 spiro atoms. The van der Waals surface area contributed by atoms with Crippen molar-refractivity contribution in [1.29, 1.82) is 0 Å². The minimum absolute atomic E-state index is 0.0610. The predicted octanol–water partition coefficient (Wildman–Crippen LogP) is 2.12. The summed E-state index contributed by atoms with van der Waals surface area (Å²) in [6, 6.07) is 3.76. The van der Waals surface area contributed by atoms with Gasteiger partial charge in [-0.15, -0.1) is 0 Å². The van der Waals surface area contributed by atoms with Crippen LogP contribution in [-0.2, 0) is 4.79 Å². The molecule has 1 amide bonds. The molecule has 0 unspecified atom stereocenters. The number of carbonyl (C=O) groups excluding carboxylic acids is 2. The number of rotatable bonds is 5. The minimum Gasteiger partial charge on any atom is -0.384 e. The van der Waals surface area contributed by atoms with Gasteiger partial charge in [-0.25, -0.2) is 4.98 Å². The smallest absolute Gasteiger partial charge is 0.251 e. The van der Waals surface area contributed by atoms with Crippen LogP contribution in [0.5, 0.6) is 0 Å². The third kappa shape index (κ3) is 4.17. The normalized spacial score (nSPS) is 15.2. The number of hydrogen-bond donors (Lipinski definition) is 2. The molecule has 1 fully saturated rings. The largest absolute Gasteiger partial charge is 0.384 e. The summed E-state index contributed by atoms with van der Waals surface area (Å²) in [5, 5.41) is 14.0. The van der Waals surface area contributed by atoms with E-state index in [1.54, 1.807) is 35.9 Å². The number of hydrogen-bond acceptors (Lipinski definition) is 9. The topological polar surface area (TPSA) is 152 Å². The van der Waals surface area contributed by atoms with Crippen molar-refractivity contribution in [3.8, 4) is 22.5 Å². The Morgan fingerprint density at radius 1 is 1.08 bits per heavy atom. The highest BCUT2D eigenvalue weighted by Crippen LogP contribution is 2.35. The highest BCUT2D eigenvalue weighted by Gasteiger charge is 2.31. The number of carbonyl (C=O) groups is 2.